The highest BCUT2D eigenvalue weighted by molar-refractivity contribution is 5.83. The lowest BCUT2D eigenvalue weighted by atomic mass is 10.2. The first kappa shape index (κ1) is 23.6. The molecule has 176 valence electrons. The fourth-order valence-electron chi connectivity index (χ4n) is 3.12. The van der Waals surface area contributed by atoms with Gasteiger partial charge in [-0.1, -0.05) is 60.7 Å². The van der Waals surface area contributed by atoms with Crippen LogP contribution >= 0.6 is 0 Å². The van der Waals surface area contributed by atoms with Gasteiger partial charge >= 0.3 is 0 Å². The third kappa shape index (κ3) is 8.05. The van der Waals surface area contributed by atoms with Crippen LogP contribution in [0.3, 0.4) is 0 Å². The smallest absolute Gasteiger partial charge is 0.277 e. The van der Waals surface area contributed by atoms with Crippen LogP contribution in [-0.2, 0) is 18.0 Å². The van der Waals surface area contributed by atoms with E-state index in [2.05, 4.69) is 10.5 Å². The highest BCUT2D eigenvalue weighted by Crippen LogP contribution is 2.19. The van der Waals surface area contributed by atoms with E-state index in [9.17, 15) is 4.79 Å². The van der Waals surface area contributed by atoms with E-state index in [1.165, 1.54) is 0 Å². The molecule has 4 rings (SSSR count). The molecular weight excluding hydrogens is 440 g/mol. The minimum Gasteiger partial charge on any atom is -0.489 e. The van der Waals surface area contributed by atoms with Crippen molar-refractivity contribution in [3.05, 3.63) is 126 Å². The number of benzene rings is 4. The van der Waals surface area contributed by atoms with Gasteiger partial charge in [-0.3, -0.25) is 4.79 Å². The van der Waals surface area contributed by atoms with Crippen molar-refractivity contribution >= 4 is 12.1 Å². The SMILES string of the molecule is O=C(COc1ccc(OCc2ccccc2)cc1)NN=Cc1ccc(OCc2ccccc2)cc1. The molecule has 0 aliphatic heterocycles. The molecule has 1 amide bonds. The number of amides is 1. The summed E-state index contributed by atoms with van der Waals surface area (Å²) in [6, 6.07) is 34.5. The Morgan fingerprint density at radius 2 is 1.09 bits per heavy atom. The van der Waals surface area contributed by atoms with E-state index in [0.717, 1.165) is 28.2 Å². The number of nitrogens with one attached hydrogen (secondary N) is 1. The van der Waals surface area contributed by atoms with Gasteiger partial charge in [0.25, 0.3) is 5.91 Å². The number of hydrazone groups is 1. The molecule has 0 bridgehead atoms. The first-order valence-electron chi connectivity index (χ1n) is 11.2. The summed E-state index contributed by atoms with van der Waals surface area (Å²) >= 11 is 0. The first-order valence-corrected chi connectivity index (χ1v) is 11.2. The van der Waals surface area contributed by atoms with Crippen molar-refractivity contribution in [3.8, 4) is 17.2 Å². The molecule has 0 heterocycles. The molecule has 0 saturated carbocycles. The second-order valence-electron chi connectivity index (χ2n) is 7.67. The zero-order valence-corrected chi connectivity index (χ0v) is 19.2. The van der Waals surface area contributed by atoms with Crippen LogP contribution in [0.4, 0.5) is 0 Å². The minimum absolute atomic E-state index is 0.145. The maximum absolute atomic E-state index is 12.0. The van der Waals surface area contributed by atoms with Crippen LogP contribution in [0.5, 0.6) is 17.2 Å². The highest BCUT2D eigenvalue weighted by atomic mass is 16.5. The summed E-state index contributed by atoms with van der Waals surface area (Å²) in [6.07, 6.45) is 1.57. The highest BCUT2D eigenvalue weighted by Gasteiger charge is 2.03. The van der Waals surface area contributed by atoms with E-state index >= 15 is 0 Å². The van der Waals surface area contributed by atoms with Gasteiger partial charge in [-0.05, 0) is 65.2 Å². The van der Waals surface area contributed by atoms with Crippen LogP contribution in [0.2, 0.25) is 0 Å². The summed E-state index contributed by atoms with van der Waals surface area (Å²) < 4.78 is 17.0. The summed E-state index contributed by atoms with van der Waals surface area (Å²) in [7, 11) is 0. The molecule has 0 unspecified atom stereocenters. The Balaban J connectivity index is 1.15. The largest absolute Gasteiger partial charge is 0.489 e. The van der Waals surface area contributed by atoms with E-state index < -0.39 is 0 Å². The molecule has 0 aliphatic carbocycles. The quantitative estimate of drug-likeness (QED) is 0.238. The van der Waals surface area contributed by atoms with E-state index in [1.54, 1.807) is 18.3 Å². The van der Waals surface area contributed by atoms with E-state index in [-0.39, 0.29) is 12.5 Å². The Morgan fingerprint density at radius 1 is 0.629 bits per heavy atom. The third-order valence-corrected chi connectivity index (χ3v) is 4.97. The molecule has 0 aliphatic rings. The van der Waals surface area contributed by atoms with Gasteiger partial charge in [-0.15, -0.1) is 0 Å². The van der Waals surface area contributed by atoms with Crippen molar-refractivity contribution in [1.29, 1.82) is 0 Å². The summed E-state index contributed by atoms with van der Waals surface area (Å²) in [5.41, 5.74) is 5.50. The van der Waals surface area contributed by atoms with Crippen molar-refractivity contribution in [2.45, 2.75) is 13.2 Å². The lowest BCUT2D eigenvalue weighted by Crippen LogP contribution is -2.24. The molecule has 0 spiro atoms. The predicted octanol–water partition coefficient (Wildman–Crippen LogP) is 5.37. The second kappa shape index (κ2) is 12.6. The molecule has 4 aromatic rings. The number of hydrogen-bond donors (Lipinski definition) is 1. The number of rotatable bonds is 11. The maximum Gasteiger partial charge on any atom is 0.277 e. The molecule has 1 N–H and O–H groups in total. The lowest BCUT2D eigenvalue weighted by Gasteiger charge is -2.08. The van der Waals surface area contributed by atoms with Gasteiger partial charge in [0.15, 0.2) is 6.61 Å². The number of nitrogens with zero attached hydrogens (tertiary/aromatic N) is 1. The van der Waals surface area contributed by atoms with Crippen molar-refractivity contribution in [2.75, 3.05) is 6.61 Å². The molecule has 0 aromatic heterocycles. The normalized spacial score (nSPS) is 10.6. The van der Waals surface area contributed by atoms with Crippen LogP contribution in [0.15, 0.2) is 114 Å². The van der Waals surface area contributed by atoms with Gasteiger partial charge in [-0.25, -0.2) is 5.43 Å². The Bertz CT molecular complexity index is 1210. The summed E-state index contributed by atoms with van der Waals surface area (Å²) in [4.78, 5) is 12.0. The predicted molar refractivity (Wildman–Crippen MR) is 136 cm³/mol. The number of carbonyl (C=O) groups excluding carboxylic acids is 1. The fourth-order valence-corrected chi connectivity index (χ4v) is 3.12. The first-order chi connectivity index (χ1) is 17.2. The van der Waals surface area contributed by atoms with Crippen molar-refractivity contribution in [1.82, 2.24) is 5.43 Å². The maximum atomic E-state index is 12.0. The number of ether oxygens (including phenoxy) is 3. The van der Waals surface area contributed by atoms with Gasteiger partial charge in [0.2, 0.25) is 0 Å². The van der Waals surface area contributed by atoms with Crippen molar-refractivity contribution in [2.24, 2.45) is 5.10 Å². The zero-order chi connectivity index (χ0) is 24.1. The topological polar surface area (TPSA) is 69.2 Å². The molecule has 0 radical (unpaired) electrons. The standard InChI is InChI=1S/C29H26N2O4/c32-29(22-35-28-17-15-27(16-18-28)34-21-25-9-5-2-6-10-25)31-30-19-23-11-13-26(14-12-23)33-20-24-7-3-1-4-8-24/h1-19H,20-22H2,(H,31,32). The summed E-state index contributed by atoms with van der Waals surface area (Å²) in [5.74, 6) is 1.71. The van der Waals surface area contributed by atoms with Crippen LogP contribution in [0, 0.1) is 0 Å². The van der Waals surface area contributed by atoms with Gasteiger partial charge in [0.05, 0.1) is 6.21 Å². The Hall–Kier alpha value is -4.58. The van der Waals surface area contributed by atoms with Crippen LogP contribution in [-0.4, -0.2) is 18.7 Å². The molecular formula is C29H26N2O4. The lowest BCUT2D eigenvalue weighted by molar-refractivity contribution is -0.123. The average molecular weight is 467 g/mol. The van der Waals surface area contributed by atoms with Crippen LogP contribution in [0.25, 0.3) is 0 Å². The average Bonchev–Trinajstić information content (AvgIpc) is 2.92. The number of carbonyl (C=O) groups is 1. The van der Waals surface area contributed by atoms with E-state index in [4.69, 9.17) is 14.2 Å². The Labute approximate surface area is 204 Å². The van der Waals surface area contributed by atoms with E-state index in [0.29, 0.717) is 19.0 Å². The zero-order valence-electron chi connectivity index (χ0n) is 19.2. The van der Waals surface area contributed by atoms with Crippen LogP contribution in [0.1, 0.15) is 16.7 Å². The molecule has 4 aromatic carbocycles. The number of hydrogen-bond acceptors (Lipinski definition) is 5. The Morgan fingerprint density at radius 3 is 1.60 bits per heavy atom. The van der Waals surface area contributed by atoms with Gasteiger partial charge < -0.3 is 14.2 Å². The molecule has 6 nitrogen and oxygen atoms in total. The molecule has 6 heteroatoms. The van der Waals surface area contributed by atoms with Crippen molar-refractivity contribution < 1.29 is 19.0 Å². The van der Waals surface area contributed by atoms with Crippen LogP contribution < -0.4 is 19.6 Å². The third-order valence-electron chi connectivity index (χ3n) is 4.97. The monoisotopic (exact) mass is 466 g/mol. The molecule has 0 fully saturated rings. The molecule has 0 atom stereocenters. The van der Waals surface area contributed by atoms with Gasteiger partial charge in [-0.2, -0.15) is 5.10 Å². The summed E-state index contributed by atoms with van der Waals surface area (Å²) in [5, 5.41) is 3.98. The second-order valence-corrected chi connectivity index (χ2v) is 7.67. The fraction of sp³-hybridized carbons (Fsp3) is 0.103. The van der Waals surface area contributed by atoms with E-state index in [1.807, 2.05) is 97.1 Å². The molecule has 35 heavy (non-hydrogen) atoms. The van der Waals surface area contributed by atoms with Crippen molar-refractivity contribution in [3.63, 3.8) is 0 Å². The van der Waals surface area contributed by atoms with Gasteiger partial charge in [0.1, 0.15) is 30.5 Å². The van der Waals surface area contributed by atoms with Gasteiger partial charge in [0, 0.05) is 0 Å². The molecule has 0 saturated heterocycles. The minimum atomic E-state index is -0.353. The summed E-state index contributed by atoms with van der Waals surface area (Å²) in [6.45, 7) is 0.854. The Kier molecular flexibility index (Phi) is 8.49.